The van der Waals surface area contributed by atoms with Crippen LogP contribution in [-0.4, -0.2) is 22.2 Å². The number of hydrogen-bond donors (Lipinski definition) is 1. The van der Waals surface area contributed by atoms with Crippen LogP contribution in [0.2, 0.25) is 0 Å². The highest BCUT2D eigenvalue weighted by Crippen LogP contribution is 2.01. The largest absolute Gasteiger partial charge is 0.479 e. The Bertz CT molecular complexity index is 273. The van der Waals surface area contributed by atoms with E-state index in [1.165, 1.54) is 6.92 Å². The Hall–Kier alpha value is -1.42. The number of hydrogen-bond acceptors (Lipinski definition) is 3. The first-order chi connectivity index (χ1) is 6.20. The third kappa shape index (κ3) is 3.21. The molecule has 0 radical (unpaired) electrons. The number of aromatic nitrogens is 1. The van der Waals surface area contributed by atoms with E-state index in [4.69, 9.17) is 9.84 Å². The standard InChI is InChI=1S/C9H11NO3/c1-7(9(11)12)13-6-8-2-4-10-5-3-8/h2-5,7H,6H2,1H3,(H,11,12)/t7-/m1/s1. The molecule has 1 aromatic rings. The number of carbonyl (C=O) groups is 1. The molecule has 0 bridgehead atoms. The Balaban J connectivity index is 2.39. The number of rotatable bonds is 4. The number of ether oxygens (including phenoxy) is 1. The lowest BCUT2D eigenvalue weighted by atomic mass is 10.3. The number of nitrogens with zero attached hydrogens (tertiary/aromatic N) is 1. The minimum absolute atomic E-state index is 0.302. The van der Waals surface area contributed by atoms with Gasteiger partial charge in [0.2, 0.25) is 0 Å². The summed E-state index contributed by atoms with van der Waals surface area (Å²) in [5.74, 6) is -0.950. The maximum absolute atomic E-state index is 10.4. The third-order valence-corrected chi connectivity index (χ3v) is 1.60. The minimum Gasteiger partial charge on any atom is -0.479 e. The van der Waals surface area contributed by atoms with Crippen molar-refractivity contribution in [3.8, 4) is 0 Å². The molecule has 1 heterocycles. The van der Waals surface area contributed by atoms with Crippen LogP contribution in [0.4, 0.5) is 0 Å². The molecule has 0 aromatic carbocycles. The van der Waals surface area contributed by atoms with Crippen LogP contribution in [0.3, 0.4) is 0 Å². The second-order valence-corrected chi connectivity index (χ2v) is 2.65. The lowest BCUT2D eigenvalue weighted by molar-refractivity contribution is -0.149. The number of pyridine rings is 1. The van der Waals surface area contributed by atoms with Crippen molar-refractivity contribution in [3.05, 3.63) is 30.1 Å². The van der Waals surface area contributed by atoms with Crippen LogP contribution < -0.4 is 0 Å². The Kier molecular flexibility index (Phi) is 3.40. The molecule has 0 aliphatic heterocycles. The first kappa shape index (κ1) is 9.67. The van der Waals surface area contributed by atoms with Gasteiger partial charge in [-0.05, 0) is 24.6 Å². The second kappa shape index (κ2) is 4.57. The first-order valence-electron chi connectivity index (χ1n) is 3.93. The molecule has 1 atom stereocenters. The van der Waals surface area contributed by atoms with Gasteiger partial charge in [0.05, 0.1) is 6.61 Å². The zero-order valence-corrected chi connectivity index (χ0v) is 7.30. The first-order valence-corrected chi connectivity index (χ1v) is 3.93. The van der Waals surface area contributed by atoms with Crippen LogP contribution in [-0.2, 0) is 16.1 Å². The van der Waals surface area contributed by atoms with Gasteiger partial charge in [-0.25, -0.2) is 4.79 Å². The normalized spacial score (nSPS) is 12.4. The van der Waals surface area contributed by atoms with Gasteiger partial charge in [0, 0.05) is 12.4 Å². The maximum Gasteiger partial charge on any atom is 0.332 e. The van der Waals surface area contributed by atoms with E-state index in [9.17, 15) is 4.79 Å². The SMILES string of the molecule is C[C@@H](OCc1ccncc1)C(=O)O. The Morgan fingerprint density at radius 2 is 2.23 bits per heavy atom. The summed E-state index contributed by atoms with van der Waals surface area (Å²) in [5.41, 5.74) is 0.920. The van der Waals surface area contributed by atoms with E-state index in [0.29, 0.717) is 6.61 Å². The molecule has 0 unspecified atom stereocenters. The number of aliphatic carboxylic acids is 1. The Morgan fingerprint density at radius 1 is 1.62 bits per heavy atom. The van der Waals surface area contributed by atoms with Crippen molar-refractivity contribution in [1.29, 1.82) is 0 Å². The smallest absolute Gasteiger partial charge is 0.332 e. The number of carboxylic acid groups (broad SMARTS) is 1. The van der Waals surface area contributed by atoms with E-state index in [2.05, 4.69) is 4.98 Å². The van der Waals surface area contributed by atoms with Gasteiger partial charge in [-0.3, -0.25) is 4.98 Å². The molecule has 13 heavy (non-hydrogen) atoms. The van der Waals surface area contributed by atoms with Crippen molar-refractivity contribution in [1.82, 2.24) is 4.98 Å². The molecular weight excluding hydrogens is 170 g/mol. The van der Waals surface area contributed by atoms with E-state index in [1.54, 1.807) is 24.5 Å². The summed E-state index contributed by atoms with van der Waals surface area (Å²) in [7, 11) is 0. The lowest BCUT2D eigenvalue weighted by Crippen LogP contribution is -2.19. The van der Waals surface area contributed by atoms with E-state index in [-0.39, 0.29) is 0 Å². The van der Waals surface area contributed by atoms with Crippen LogP contribution in [0.15, 0.2) is 24.5 Å². The molecule has 4 nitrogen and oxygen atoms in total. The molecule has 0 saturated heterocycles. The van der Waals surface area contributed by atoms with Crippen molar-refractivity contribution in [2.45, 2.75) is 19.6 Å². The second-order valence-electron chi connectivity index (χ2n) is 2.65. The number of carboxylic acids is 1. The van der Waals surface area contributed by atoms with Crippen LogP contribution in [0.25, 0.3) is 0 Å². The Labute approximate surface area is 76.2 Å². The molecule has 0 amide bonds. The molecule has 0 spiro atoms. The van der Waals surface area contributed by atoms with Crippen LogP contribution >= 0.6 is 0 Å². The fourth-order valence-electron chi connectivity index (χ4n) is 0.772. The summed E-state index contributed by atoms with van der Waals surface area (Å²) >= 11 is 0. The Morgan fingerprint density at radius 3 is 2.77 bits per heavy atom. The van der Waals surface area contributed by atoms with Crippen LogP contribution in [0, 0.1) is 0 Å². The molecule has 0 aliphatic rings. The predicted molar refractivity (Wildman–Crippen MR) is 46.1 cm³/mol. The van der Waals surface area contributed by atoms with Crippen molar-refractivity contribution in [2.24, 2.45) is 0 Å². The third-order valence-electron chi connectivity index (χ3n) is 1.60. The summed E-state index contributed by atoms with van der Waals surface area (Å²) in [4.78, 5) is 14.2. The molecule has 1 rings (SSSR count). The monoisotopic (exact) mass is 181 g/mol. The van der Waals surface area contributed by atoms with Crippen LogP contribution in [0.5, 0.6) is 0 Å². The van der Waals surface area contributed by atoms with Crippen molar-refractivity contribution in [3.63, 3.8) is 0 Å². The fraction of sp³-hybridized carbons (Fsp3) is 0.333. The molecule has 1 aromatic heterocycles. The quantitative estimate of drug-likeness (QED) is 0.754. The molecule has 70 valence electrons. The van der Waals surface area contributed by atoms with Crippen molar-refractivity contribution in [2.75, 3.05) is 0 Å². The molecule has 0 saturated carbocycles. The summed E-state index contributed by atoms with van der Waals surface area (Å²) in [5, 5.41) is 8.52. The van der Waals surface area contributed by atoms with Crippen molar-refractivity contribution >= 4 is 5.97 Å². The highest BCUT2D eigenvalue weighted by atomic mass is 16.5. The zero-order valence-electron chi connectivity index (χ0n) is 7.30. The highest BCUT2D eigenvalue weighted by molar-refractivity contribution is 5.71. The summed E-state index contributed by atoms with van der Waals surface area (Å²) in [6.07, 6.45) is 2.52. The van der Waals surface area contributed by atoms with E-state index in [0.717, 1.165) is 5.56 Å². The van der Waals surface area contributed by atoms with E-state index < -0.39 is 12.1 Å². The van der Waals surface area contributed by atoms with Gasteiger partial charge in [0.1, 0.15) is 0 Å². The van der Waals surface area contributed by atoms with E-state index >= 15 is 0 Å². The van der Waals surface area contributed by atoms with Gasteiger partial charge in [-0.2, -0.15) is 0 Å². The van der Waals surface area contributed by atoms with Crippen molar-refractivity contribution < 1.29 is 14.6 Å². The van der Waals surface area contributed by atoms with Gasteiger partial charge >= 0.3 is 5.97 Å². The van der Waals surface area contributed by atoms with Gasteiger partial charge in [0.25, 0.3) is 0 Å². The van der Waals surface area contributed by atoms with Gasteiger partial charge in [0.15, 0.2) is 6.10 Å². The predicted octanol–water partition coefficient (Wildman–Crippen LogP) is 1.07. The highest BCUT2D eigenvalue weighted by Gasteiger charge is 2.10. The zero-order chi connectivity index (χ0) is 9.68. The minimum atomic E-state index is -0.950. The summed E-state index contributed by atoms with van der Waals surface area (Å²) in [6, 6.07) is 3.57. The average molecular weight is 181 g/mol. The summed E-state index contributed by atoms with van der Waals surface area (Å²) in [6.45, 7) is 1.81. The fourth-order valence-corrected chi connectivity index (χ4v) is 0.772. The molecule has 1 N–H and O–H groups in total. The van der Waals surface area contributed by atoms with Gasteiger partial charge in [-0.15, -0.1) is 0 Å². The molecular formula is C9H11NO3. The van der Waals surface area contributed by atoms with Gasteiger partial charge in [-0.1, -0.05) is 0 Å². The maximum atomic E-state index is 10.4. The molecule has 0 fully saturated rings. The molecule has 4 heteroatoms. The summed E-state index contributed by atoms with van der Waals surface area (Å²) < 4.78 is 5.06. The van der Waals surface area contributed by atoms with E-state index in [1.807, 2.05) is 0 Å². The lowest BCUT2D eigenvalue weighted by Gasteiger charge is -2.07. The molecule has 0 aliphatic carbocycles. The van der Waals surface area contributed by atoms with Crippen LogP contribution in [0.1, 0.15) is 12.5 Å². The average Bonchev–Trinajstić information content (AvgIpc) is 2.15. The van der Waals surface area contributed by atoms with Gasteiger partial charge < -0.3 is 9.84 Å². The topological polar surface area (TPSA) is 59.4 Å².